The van der Waals surface area contributed by atoms with Crippen LogP contribution in [0.4, 0.5) is 4.39 Å². The highest BCUT2D eigenvalue weighted by molar-refractivity contribution is 6.18. The van der Waals surface area contributed by atoms with Gasteiger partial charge < -0.3 is 5.32 Å². The second-order valence-corrected chi connectivity index (χ2v) is 3.22. The smallest absolute Gasteiger partial charge is 0.221 e. The summed E-state index contributed by atoms with van der Waals surface area (Å²) in [6.07, 6.45) is 0.308. The molecule has 14 heavy (non-hydrogen) atoms. The van der Waals surface area contributed by atoms with Crippen LogP contribution < -0.4 is 5.32 Å². The molecule has 76 valence electrons. The Morgan fingerprint density at radius 2 is 2.00 bits per heavy atom. The number of halogens is 2. The number of hydrogen-bond donors (Lipinski definition) is 1. The Morgan fingerprint density at radius 3 is 2.57 bits per heavy atom. The largest absolute Gasteiger partial charge is 0.352 e. The van der Waals surface area contributed by atoms with Gasteiger partial charge in [0.05, 0.1) is 0 Å². The highest BCUT2D eigenvalue weighted by atomic mass is 35.5. The lowest BCUT2D eigenvalue weighted by atomic mass is 10.2. The van der Waals surface area contributed by atoms with Crippen molar-refractivity contribution in [1.82, 2.24) is 5.32 Å². The fraction of sp³-hybridized carbons (Fsp3) is 0.300. The van der Waals surface area contributed by atoms with Crippen LogP contribution in [0.3, 0.4) is 0 Å². The summed E-state index contributed by atoms with van der Waals surface area (Å²) in [4.78, 5) is 11.0. The van der Waals surface area contributed by atoms with Gasteiger partial charge in [0.15, 0.2) is 0 Å². The van der Waals surface area contributed by atoms with Gasteiger partial charge in [0.25, 0.3) is 0 Å². The van der Waals surface area contributed by atoms with Crippen LogP contribution in [0.25, 0.3) is 0 Å². The van der Waals surface area contributed by atoms with Crippen LogP contribution in [0.2, 0.25) is 0 Å². The first-order valence-electron chi connectivity index (χ1n) is 4.29. The van der Waals surface area contributed by atoms with E-state index in [0.29, 0.717) is 18.8 Å². The molecule has 0 heterocycles. The Kier molecular flexibility index (Phi) is 4.40. The lowest BCUT2D eigenvalue weighted by Crippen LogP contribution is -2.22. The molecule has 0 fully saturated rings. The summed E-state index contributed by atoms with van der Waals surface area (Å²) in [5.74, 6) is -0.0555. The molecule has 1 aromatic rings. The number of carbonyl (C=O) groups excluding carboxylic acids is 1. The van der Waals surface area contributed by atoms with E-state index in [2.05, 4.69) is 5.32 Å². The molecule has 0 aliphatic carbocycles. The molecule has 1 N–H and O–H groups in total. The number of nitrogens with one attached hydrogen (secondary N) is 1. The lowest BCUT2D eigenvalue weighted by molar-refractivity contribution is -0.120. The van der Waals surface area contributed by atoms with Crippen LogP contribution in [-0.2, 0) is 11.3 Å². The first kappa shape index (κ1) is 11.0. The molecule has 1 aromatic carbocycles. The molecule has 0 spiro atoms. The maximum absolute atomic E-state index is 12.5. The third-order valence-corrected chi connectivity index (χ3v) is 1.91. The van der Waals surface area contributed by atoms with E-state index in [1.54, 1.807) is 12.1 Å². The maximum Gasteiger partial charge on any atom is 0.221 e. The molecule has 4 heteroatoms. The van der Waals surface area contributed by atoms with Crippen LogP contribution in [-0.4, -0.2) is 11.8 Å². The zero-order valence-corrected chi connectivity index (χ0v) is 8.35. The second-order valence-electron chi connectivity index (χ2n) is 2.84. The summed E-state index contributed by atoms with van der Waals surface area (Å²) in [6, 6.07) is 6.00. The normalized spacial score (nSPS) is 9.86. The molecular weight excluding hydrogens is 205 g/mol. The van der Waals surface area contributed by atoms with Gasteiger partial charge in [-0.3, -0.25) is 4.79 Å². The van der Waals surface area contributed by atoms with Crippen molar-refractivity contribution < 1.29 is 9.18 Å². The minimum absolute atomic E-state index is 0.0932. The number of carbonyl (C=O) groups is 1. The van der Waals surface area contributed by atoms with Crippen LogP contribution in [0, 0.1) is 5.82 Å². The average molecular weight is 216 g/mol. The first-order chi connectivity index (χ1) is 6.72. The predicted octanol–water partition coefficient (Wildman–Crippen LogP) is 2.07. The van der Waals surface area contributed by atoms with Crippen LogP contribution in [0.1, 0.15) is 12.0 Å². The van der Waals surface area contributed by atoms with Crippen LogP contribution >= 0.6 is 11.6 Å². The third-order valence-electron chi connectivity index (χ3n) is 1.72. The first-order valence-corrected chi connectivity index (χ1v) is 4.83. The standard InChI is InChI=1S/C10H11ClFNO/c11-6-5-10(14)13-7-8-1-3-9(12)4-2-8/h1-4H,5-7H2,(H,13,14). The van der Waals surface area contributed by atoms with Gasteiger partial charge in [-0.2, -0.15) is 0 Å². The molecule has 1 rings (SSSR count). The van der Waals surface area contributed by atoms with E-state index >= 15 is 0 Å². The second kappa shape index (κ2) is 5.60. The average Bonchev–Trinajstić information content (AvgIpc) is 2.17. The van der Waals surface area contributed by atoms with E-state index in [9.17, 15) is 9.18 Å². The van der Waals surface area contributed by atoms with Crippen molar-refractivity contribution in [2.75, 3.05) is 5.88 Å². The molecule has 0 saturated carbocycles. The van der Waals surface area contributed by atoms with Crippen molar-refractivity contribution in [3.8, 4) is 0 Å². The van der Waals surface area contributed by atoms with Crippen molar-refractivity contribution in [3.63, 3.8) is 0 Å². The summed E-state index contributed by atoms with van der Waals surface area (Å²) in [6.45, 7) is 0.413. The Hall–Kier alpha value is -1.09. The molecule has 0 aliphatic heterocycles. The molecular formula is C10H11ClFNO. The van der Waals surface area contributed by atoms with Gasteiger partial charge >= 0.3 is 0 Å². The Bertz CT molecular complexity index is 299. The highest BCUT2D eigenvalue weighted by Crippen LogP contribution is 2.02. The minimum Gasteiger partial charge on any atom is -0.352 e. The summed E-state index contributed by atoms with van der Waals surface area (Å²) in [5, 5.41) is 2.67. The van der Waals surface area contributed by atoms with Gasteiger partial charge in [0.2, 0.25) is 5.91 Å². The third kappa shape index (κ3) is 3.75. The van der Waals surface area contributed by atoms with Crippen molar-refractivity contribution in [2.24, 2.45) is 0 Å². The highest BCUT2D eigenvalue weighted by Gasteiger charge is 1.99. The summed E-state index contributed by atoms with van der Waals surface area (Å²) in [5.41, 5.74) is 0.870. The minimum atomic E-state index is -0.277. The van der Waals surface area contributed by atoms with Gasteiger partial charge in [0, 0.05) is 18.8 Å². The fourth-order valence-electron chi connectivity index (χ4n) is 0.977. The zero-order chi connectivity index (χ0) is 10.4. The van der Waals surface area contributed by atoms with Crippen molar-refractivity contribution in [1.29, 1.82) is 0 Å². The number of hydrogen-bond acceptors (Lipinski definition) is 1. The number of benzene rings is 1. The molecule has 0 aromatic heterocycles. The lowest BCUT2D eigenvalue weighted by Gasteiger charge is -2.03. The van der Waals surface area contributed by atoms with Gasteiger partial charge in [-0.1, -0.05) is 12.1 Å². The summed E-state index contributed by atoms with van der Waals surface area (Å²) >= 11 is 5.39. The van der Waals surface area contributed by atoms with E-state index < -0.39 is 0 Å². The van der Waals surface area contributed by atoms with Gasteiger partial charge in [-0.25, -0.2) is 4.39 Å². The van der Waals surface area contributed by atoms with E-state index in [1.165, 1.54) is 12.1 Å². The van der Waals surface area contributed by atoms with E-state index in [4.69, 9.17) is 11.6 Å². The van der Waals surface area contributed by atoms with Gasteiger partial charge in [0.1, 0.15) is 5.82 Å². The Morgan fingerprint density at radius 1 is 1.36 bits per heavy atom. The molecule has 1 amide bonds. The Balaban J connectivity index is 2.38. The van der Waals surface area contributed by atoms with E-state index in [0.717, 1.165) is 5.56 Å². The van der Waals surface area contributed by atoms with E-state index in [1.807, 2.05) is 0 Å². The number of alkyl halides is 1. The van der Waals surface area contributed by atoms with Gasteiger partial charge in [-0.05, 0) is 17.7 Å². The van der Waals surface area contributed by atoms with Crippen molar-refractivity contribution in [3.05, 3.63) is 35.6 Å². The molecule has 0 radical (unpaired) electrons. The zero-order valence-electron chi connectivity index (χ0n) is 7.59. The number of amides is 1. The van der Waals surface area contributed by atoms with E-state index in [-0.39, 0.29) is 11.7 Å². The maximum atomic E-state index is 12.5. The van der Waals surface area contributed by atoms with Gasteiger partial charge in [-0.15, -0.1) is 11.6 Å². The molecule has 0 saturated heterocycles. The molecule has 0 bridgehead atoms. The molecule has 0 atom stereocenters. The summed E-state index contributed by atoms with van der Waals surface area (Å²) in [7, 11) is 0. The predicted molar refractivity (Wildman–Crippen MR) is 53.6 cm³/mol. The van der Waals surface area contributed by atoms with Crippen LogP contribution in [0.5, 0.6) is 0 Å². The number of rotatable bonds is 4. The monoisotopic (exact) mass is 215 g/mol. The van der Waals surface area contributed by atoms with Crippen LogP contribution in [0.15, 0.2) is 24.3 Å². The molecule has 0 aliphatic rings. The quantitative estimate of drug-likeness (QED) is 0.766. The topological polar surface area (TPSA) is 29.1 Å². The molecule has 0 unspecified atom stereocenters. The SMILES string of the molecule is O=C(CCCl)NCc1ccc(F)cc1. The van der Waals surface area contributed by atoms with Crippen molar-refractivity contribution >= 4 is 17.5 Å². The fourth-order valence-corrected chi connectivity index (χ4v) is 1.15. The van der Waals surface area contributed by atoms with Crippen molar-refractivity contribution in [2.45, 2.75) is 13.0 Å². The summed E-state index contributed by atoms with van der Waals surface area (Å²) < 4.78 is 12.5. The molecule has 2 nitrogen and oxygen atoms in total. The Labute approximate surface area is 87.1 Å².